The van der Waals surface area contributed by atoms with Crippen molar-refractivity contribution in [1.82, 2.24) is 4.90 Å². The number of rotatable bonds is 2. The van der Waals surface area contributed by atoms with E-state index in [-0.39, 0.29) is 6.61 Å². The Morgan fingerprint density at radius 2 is 2.32 bits per heavy atom. The molecule has 0 aromatic heterocycles. The van der Waals surface area contributed by atoms with Crippen LogP contribution < -0.4 is 5.32 Å². The van der Waals surface area contributed by atoms with Gasteiger partial charge in [-0.15, -0.1) is 0 Å². The van der Waals surface area contributed by atoms with Gasteiger partial charge in [-0.2, -0.15) is 5.26 Å². The van der Waals surface area contributed by atoms with E-state index in [1.54, 1.807) is 6.07 Å². The van der Waals surface area contributed by atoms with Gasteiger partial charge in [-0.1, -0.05) is 12.1 Å². The van der Waals surface area contributed by atoms with Crippen molar-refractivity contribution in [2.24, 2.45) is 5.92 Å². The van der Waals surface area contributed by atoms with Crippen LogP contribution in [0.4, 0.5) is 5.69 Å². The predicted octanol–water partition coefficient (Wildman–Crippen LogP) is 1.96. The molecule has 0 amide bonds. The Bertz CT molecular complexity index is 498. The number of anilines is 1. The Balaban J connectivity index is 2.03. The first-order chi connectivity index (χ1) is 9.24. The molecule has 0 radical (unpaired) electrons. The van der Waals surface area contributed by atoms with Crippen LogP contribution in [0.1, 0.15) is 18.4 Å². The van der Waals surface area contributed by atoms with Gasteiger partial charge in [-0.25, -0.2) is 0 Å². The molecule has 1 aromatic rings. The molecule has 1 aliphatic rings. The number of hydrogen-bond donors (Lipinski definition) is 2. The zero-order chi connectivity index (χ0) is 13.7. The number of thiocarbonyl (C=S) groups is 1. The van der Waals surface area contributed by atoms with Crippen LogP contribution in [0.5, 0.6) is 0 Å². The predicted molar refractivity (Wildman–Crippen MR) is 78.8 cm³/mol. The van der Waals surface area contributed by atoms with Gasteiger partial charge >= 0.3 is 0 Å². The van der Waals surface area contributed by atoms with Crippen LogP contribution in [0, 0.1) is 17.2 Å². The van der Waals surface area contributed by atoms with Crippen molar-refractivity contribution in [2.45, 2.75) is 12.8 Å². The van der Waals surface area contributed by atoms with Gasteiger partial charge < -0.3 is 15.3 Å². The number of nitriles is 1. The van der Waals surface area contributed by atoms with Crippen molar-refractivity contribution < 1.29 is 5.11 Å². The minimum atomic E-state index is 0.202. The van der Waals surface area contributed by atoms with Crippen LogP contribution in [0.3, 0.4) is 0 Å². The first-order valence-electron chi connectivity index (χ1n) is 6.40. The lowest BCUT2D eigenvalue weighted by Crippen LogP contribution is -2.43. The molecule has 5 heteroatoms. The fourth-order valence-electron chi connectivity index (χ4n) is 2.28. The molecule has 0 spiro atoms. The molecule has 1 fully saturated rings. The monoisotopic (exact) mass is 275 g/mol. The lowest BCUT2D eigenvalue weighted by Gasteiger charge is -2.33. The molecule has 0 aliphatic carbocycles. The van der Waals surface area contributed by atoms with Crippen molar-refractivity contribution in [3.8, 4) is 6.07 Å². The largest absolute Gasteiger partial charge is 0.396 e. The second-order valence-corrected chi connectivity index (χ2v) is 5.11. The summed E-state index contributed by atoms with van der Waals surface area (Å²) in [5, 5.41) is 22.0. The molecule has 2 rings (SSSR count). The number of nitrogens with zero attached hydrogens (tertiary/aromatic N) is 2. The maximum Gasteiger partial charge on any atom is 0.173 e. The normalized spacial score (nSPS) is 18.7. The van der Waals surface area contributed by atoms with Crippen LogP contribution in [0.25, 0.3) is 0 Å². The third-order valence-electron chi connectivity index (χ3n) is 3.35. The summed E-state index contributed by atoms with van der Waals surface area (Å²) >= 11 is 5.39. The number of nitrogens with one attached hydrogen (secondary N) is 1. The van der Waals surface area contributed by atoms with E-state index in [9.17, 15) is 5.11 Å². The fraction of sp³-hybridized carbons (Fsp3) is 0.429. The summed E-state index contributed by atoms with van der Waals surface area (Å²) in [6, 6.07) is 9.45. The van der Waals surface area contributed by atoms with Crippen LogP contribution in [-0.4, -0.2) is 34.8 Å². The summed E-state index contributed by atoms with van der Waals surface area (Å²) < 4.78 is 0. The van der Waals surface area contributed by atoms with Crippen LogP contribution >= 0.6 is 12.2 Å². The summed E-state index contributed by atoms with van der Waals surface area (Å²) in [5.41, 5.74) is 1.32. The van der Waals surface area contributed by atoms with E-state index in [2.05, 4.69) is 16.3 Å². The molecular formula is C14H17N3OS. The molecule has 100 valence electrons. The number of aliphatic hydroxyl groups excluding tert-OH is 1. The highest BCUT2D eigenvalue weighted by molar-refractivity contribution is 7.80. The molecule has 4 nitrogen and oxygen atoms in total. The molecule has 19 heavy (non-hydrogen) atoms. The average molecular weight is 275 g/mol. The number of piperidine rings is 1. The third kappa shape index (κ3) is 3.43. The van der Waals surface area contributed by atoms with Crippen molar-refractivity contribution >= 4 is 23.0 Å². The first kappa shape index (κ1) is 13.8. The van der Waals surface area contributed by atoms with E-state index in [4.69, 9.17) is 17.5 Å². The molecule has 0 bridgehead atoms. The van der Waals surface area contributed by atoms with E-state index in [1.807, 2.05) is 18.2 Å². The van der Waals surface area contributed by atoms with E-state index >= 15 is 0 Å². The van der Waals surface area contributed by atoms with E-state index in [1.165, 1.54) is 0 Å². The quantitative estimate of drug-likeness (QED) is 0.808. The minimum absolute atomic E-state index is 0.202. The summed E-state index contributed by atoms with van der Waals surface area (Å²) in [7, 11) is 0. The average Bonchev–Trinajstić information content (AvgIpc) is 2.47. The zero-order valence-corrected chi connectivity index (χ0v) is 11.5. The van der Waals surface area contributed by atoms with Gasteiger partial charge in [0.25, 0.3) is 0 Å². The second-order valence-electron chi connectivity index (χ2n) is 4.72. The van der Waals surface area contributed by atoms with E-state index in [0.29, 0.717) is 16.6 Å². The minimum Gasteiger partial charge on any atom is -0.396 e. The Kier molecular flexibility index (Phi) is 4.72. The maximum absolute atomic E-state index is 9.23. The van der Waals surface area contributed by atoms with Crippen LogP contribution in [0.2, 0.25) is 0 Å². The highest BCUT2D eigenvalue weighted by atomic mass is 32.1. The fourth-order valence-corrected chi connectivity index (χ4v) is 2.56. The lowest BCUT2D eigenvalue weighted by molar-refractivity contribution is 0.162. The molecule has 1 saturated heterocycles. The highest BCUT2D eigenvalue weighted by Crippen LogP contribution is 2.19. The van der Waals surface area contributed by atoms with Gasteiger partial charge in [0.1, 0.15) is 6.07 Å². The van der Waals surface area contributed by atoms with Gasteiger partial charge in [0.2, 0.25) is 0 Å². The Morgan fingerprint density at radius 3 is 3.05 bits per heavy atom. The smallest absolute Gasteiger partial charge is 0.173 e. The van der Waals surface area contributed by atoms with Crippen molar-refractivity contribution in [1.29, 1.82) is 5.26 Å². The number of benzene rings is 1. The topological polar surface area (TPSA) is 59.3 Å². The number of aliphatic hydroxyl groups is 1. The lowest BCUT2D eigenvalue weighted by atomic mass is 9.99. The summed E-state index contributed by atoms with van der Waals surface area (Å²) in [6.07, 6.45) is 2.08. The third-order valence-corrected chi connectivity index (χ3v) is 3.71. The Morgan fingerprint density at radius 1 is 1.53 bits per heavy atom. The molecular weight excluding hydrogens is 258 g/mol. The summed E-state index contributed by atoms with van der Waals surface area (Å²) in [6.45, 7) is 1.88. The summed E-state index contributed by atoms with van der Waals surface area (Å²) in [4.78, 5) is 2.06. The van der Waals surface area contributed by atoms with Gasteiger partial charge in [-0.05, 0) is 43.1 Å². The molecule has 0 unspecified atom stereocenters. The molecule has 2 N–H and O–H groups in total. The maximum atomic E-state index is 9.23. The number of hydrogen-bond acceptors (Lipinski definition) is 3. The zero-order valence-electron chi connectivity index (χ0n) is 10.7. The van der Waals surface area contributed by atoms with E-state index < -0.39 is 0 Å². The molecule has 0 saturated carbocycles. The SMILES string of the molecule is N#Cc1ccccc1NC(=S)N1CCC[C@H](CO)C1. The molecule has 1 atom stereocenters. The van der Waals surface area contributed by atoms with Crippen LogP contribution in [0.15, 0.2) is 24.3 Å². The highest BCUT2D eigenvalue weighted by Gasteiger charge is 2.21. The van der Waals surface area contributed by atoms with Crippen LogP contribution in [-0.2, 0) is 0 Å². The molecule has 1 aromatic carbocycles. The standard InChI is InChI=1S/C14H17N3OS/c15-8-12-5-1-2-6-13(12)16-14(19)17-7-3-4-11(9-17)10-18/h1-2,5-6,11,18H,3-4,7,9-10H2,(H,16,19)/t11-/m0/s1. The van der Waals surface area contributed by atoms with Crippen molar-refractivity contribution in [3.05, 3.63) is 29.8 Å². The van der Waals surface area contributed by atoms with Gasteiger partial charge in [0, 0.05) is 19.7 Å². The van der Waals surface area contributed by atoms with Gasteiger partial charge in [-0.3, -0.25) is 0 Å². The van der Waals surface area contributed by atoms with Crippen molar-refractivity contribution in [2.75, 3.05) is 25.0 Å². The van der Waals surface area contributed by atoms with Gasteiger partial charge in [0.05, 0.1) is 11.3 Å². The number of para-hydroxylation sites is 1. The second kappa shape index (κ2) is 6.50. The molecule has 1 aliphatic heterocycles. The summed E-state index contributed by atoms with van der Waals surface area (Å²) in [5.74, 6) is 0.291. The van der Waals surface area contributed by atoms with E-state index in [0.717, 1.165) is 31.6 Å². The van der Waals surface area contributed by atoms with Gasteiger partial charge in [0.15, 0.2) is 5.11 Å². The molecule has 1 heterocycles. The number of likely N-dealkylation sites (tertiary alicyclic amines) is 1. The first-order valence-corrected chi connectivity index (χ1v) is 6.81. The van der Waals surface area contributed by atoms with Crippen molar-refractivity contribution in [3.63, 3.8) is 0 Å². The Hall–Kier alpha value is -1.64. The Labute approximate surface area is 118 Å².